The van der Waals surface area contributed by atoms with E-state index in [1.165, 1.54) is 6.20 Å². The Labute approximate surface area is 113 Å². The first kappa shape index (κ1) is 13.5. The number of pyridine rings is 1. The van der Waals surface area contributed by atoms with Gasteiger partial charge >= 0.3 is 0 Å². The molecule has 1 aliphatic rings. The summed E-state index contributed by atoms with van der Waals surface area (Å²) in [6.07, 6.45) is 4.79. The van der Waals surface area contributed by atoms with Gasteiger partial charge in [-0.3, -0.25) is 4.79 Å². The van der Waals surface area contributed by atoms with E-state index in [1.54, 1.807) is 12.1 Å². The van der Waals surface area contributed by atoms with E-state index in [0.29, 0.717) is 17.2 Å². The zero-order chi connectivity index (χ0) is 13.8. The molecule has 19 heavy (non-hydrogen) atoms. The minimum absolute atomic E-state index is 0.143. The van der Waals surface area contributed by atoms with Gasteiger partial charge in [0.1, 0.15) is 11.8 Å². The zero-order valence-electron chi connectivity index (χ0n) is 11.4. The van der Waals surface area contributed by atoms with E-state index in [2.05, 4.69) is 24.1 Å². The van der Waals surface area contributed by atoms with Gasteiger partial charge in [-0.1, -0.05) is 13.8 Å². The molecule has 0 radical (unpaired) electrons. The highest BCUT2D eigenvalue weighted by atomic mass is 16.1. The number of nitriles is 1. The second-order valence-electron chi connectivity index (χ2n) is 5.52. The standard InChI is InChI=1S/C15H19N3O/c1-10-3-5-13(11(2)7-10)18-15(19)14-6-4-12(8-16)9-17-14/h4,6,9-11,13H,3,5,7H2,1-2H3,(H,18,19). The number of hydrogen-bond acceptors (Lipinski definition) is 3. The molecule has 1 aromatic rings. The molecule has 3 atom stereocenters. The molecule has 2 rings (SSSR count). The van der Waals surface area contributed by atoms with Crippen molar-refractivity contribution in [1.82, 2.24) is 10.3 Å². The molecule has 4 heteroatoms. The van der Waals surface area contributed by atoms with Gasteiger partial charge in [0.15, 0.2) is 0 Å². The fourth-order valence-electron chi connectivity index (χ4n) is 2.72. The summed E-state index contributed by atoms with van der Waals surface area (Å²) >= 11 is 0. The third-order valence-electron chi connectivity index (χ3n) is 3.87. The van der Waals surface area contributed by atoms with E-state index < -0.39 is 0 Å². The Hall–Kier alpha value is -1.89. The Bertz CT molecular complexity index is 489. The molecule has 0 aliphatic heterocycles. The molecule has 1 saturated carbocycles. The monoisotopic (exact) mass is 257 g/mol. The molecule has 1 amide bonds. The van der Waals surface area contributed by atoms with Crippen LogP contribution in [0.3, 0.4) is 0 Å². The molecule has 0 spiro atoms. The van der Waals surface area contributed by atoms with Crippen molar-refractivity contribution in [2.75, 3.05) is 0 Å². The van der Waals surface area contributed by atoms with Gasteiger partial charge in [0, 0.05) is 12.2 Å². The van der Waals surface area contributed by atoms with Crippen LogP contribution in [0.1, 0.15) is 49.2 Å². The van der Waals surface area contributed by atoms with Gasteiger partial charge in [-0.25, -0.2) is 4.98 Å². The van der Waals surface area contributed by atoms with Gasteiger partial charge in [-0.2, -0.15) is 5.26 Å². The molecule has 1 fully saturated rings. The summed E-state index contributed by atoms with van der Waals surface area (Å²) in [6, 6.07) is 5.45. The topological polar surface area (TPSA) is 65.8 Å². The van der Waals surface area contributed by atoms with Crippen molar-refractivity contribution in [1.29, 1.82) is 5.26 Å². The Morgan fingerprint density at radius 2 is 2.21 bits per heavy atom. The van der Waals surface area contributed by atoms with Crippen LogP contribution < -0.4 is 5.32 Å². The third kappa shape index (κ3) is 3.31. The molecule has 1 N–H and O–H groups in total. The van der Waals surface area contributed by atoms with Gasteiger partial charge in [0.25, 0.3) is 5.91 Å². The number of carbonyl (C=O) groups excluding carboxylic acids is 1. The van der Waals surface area contributed by atoms with Gasteiger partial charge < -0.3 is 5.32 Å². The summed E-state index contributed by atoms with van der Waals surface area (Å²) < 4.78 is 0. The van der Waals surface area contributed by atoms with Crippen molar-refractivity contribution in [3.8, 4) is 6.07 Å². The van der Waals surface area contributed by atoms with Gasteiger partial charge in [-0.05, 0) is 43.2 Å². The minimum atomic E-state index is -0.143. The van der Waals surface area contributed by atoms with E-state index in [1.807, 2.05) is 6.07 Å². The maximum absolute atomic E-state index is 12.1. The molecule has 1 heterocycles. The lowest BCUT2D eigenvalue weighted by Gasteiger charge is -2.33. The second kappa shape index (κ2) is 5.83. The van der Waals surface area contributed by atoms with Crippen LogP contribution in [0.5, 0.6) is 0 Å². The zero-order valence-corrected chi connectivity index (χ0v) is 11.4. The summed E-state index contributed by atoms with van der Waals surface area (Å²) in [6.45, 7) is 4.45. The van der Waals surface area contributed by atoms with E-state index >= 15 is 0 Å². The lowest BCUT2D eigenvalue weighted by atomic mass is 9.80. The smallest absolute Gasteiger partial charge is 0.270 e. The number of amides is 1. The number of carbonyl (C=O) groups is 1. The van der Waals surface area contributed by atoms with Crippen LogP contribution in [-0.4, -0.2) is 16.9 Å². The lowest BCUT2D eigenvalue weighted by Crippen LogP contribution is -2.42. The normalized spacial score (nSPS) is 26.5. The Morgan fingerprint density at radius 3 is 2.79 bits per heavy atom. The van der Waals surface area contributed by atoms with Crippen molar-refractivity contribution in [2.45, 2.75) is 39.2 Å². The first-order valence-electron chi connectivity index (χ1n) is 6.77. The SMILES string of the molecule is CC1CCC(NC(=O)c2ccc(C#N)cn2)C(C)C1. The van der Waals surface area contributed by atoms with Crippen molar-refractivity contribution in [2.24, 2.45) is 11.8 Å². The van der Waals surface area contributed by atoms with E-state index in [4.69, 9.17) is 5.26 Å². The quantitative estimate of drug-likeness (QED) is 0.885. The number of hydrogen-bond donors (Lipinski definition) is 1. The van der Waals surface area contributed by atoms with Crippen LogP contribution in [-0.2, 0) is 0 Å². The molecule has 3 unspecified atom stereocenters. The molecule has 0 aromatic carbocycles. The Morgan fingerprint density at radius 1 is 1.42 bits per heavy atom. The Kier molecular flexibility index (Phi) is 4.16. The van der Waals surface area contributed by atoms with Crippen LogP contribution in [0, 0.1) is 23.2 Å². The fraction of sp³-hybridized carbons (Fsp3) is 0.533. The van der Waals surface area contributed by atoms with Crippen LogP contribution >= 0.6 is 0 Å². The summed E-state index contributed by atoms with van der Waals surface area (Å²) in [7, 11) is 0. The second-order valence-corrected chi connectivity index (χ2v) is 5.52. The van der Waals surface area contributed by atoms with Crippen LogP contribution in [0.15, 0.2) is 18.3 Å². The minimum Gasteiger partial charge on any atom is -0.348 e. The van der Waals surface area contributed by atoms with E-state index in [9.17, 15) is 4.79 Å². The predicted octanol–water partition coefficient (Wildman–Crippen LogP) is 2.51. The lowest BCUT2D eigenvalue weighted by molar-refractivity contribution is 0.0894. The van der Waals surface area contributed by atoms with E-state index in [-0.39, 0.29) is 11.9 Å². The fourth-order valence-corrected chi connectivity index (χ4v) is 2.72. The van der Waals surface area contributed by atoms with Crippen LogP contribution in [0.4, 0.5) is 0 Å². The highest BCUT2D eigenvalue weighted by molar-refractivity contribution is 5.92. The highest BCUT2D eigenvalue weighted by Gasteiger charge is 2.26. The Balaban J connectivity index is 1.98. The number of rotatable bonds is 2. The summed E-state index contributed by atoms with van der Waals surface area (Å²) in [5.41, 5.74) is 0.848. The van der Waals surface area contributed by atoms with Crippen molar-refractivity contribution >= 4 is 5.91 Å². The van der Waals surface area contributed by atoms with Crippen molar-refractivity contribution < 1.29 is 4.79 Å². The van der Waals surface area contributed by atoms with Gasteiger partial charge in [0.2, 0.25) is 0 Å². The average molecular weight is 257 g/mol. The van der Waals surface area contributed by atoms with Crippen LogP contribution in [0.2, 0.25) is 0 Å². The maximum Gasteiger partial charge on any atom is 0.270 e. The molecule has 0 bridgehead atoms. The third-order valence-corrected chi connectivity index (χ3v) is 3.87. The van der Waals surface area contributed by atoms with Crippen molar-refractivity contribution in [3.05, 3.63) is 29.6 Å². The maximum atomic E-state index is 12.1. The molecule has 1 aliphatic carbocycles. The first-order chi connectivity index (χ1) is 9.10. The molecule has 4 nitrogen and oxygen atoms in total. The van der Waals surface area contributed by atoms with Crippen molar-refractivity contribution in [3.63, 3.8) is 0 Å². The van der Waals surface area contributed by atoms with Crippen LogP contribution in [0.25, 0.3) is 0 Å². The highest BCUT2D eigenvalue weighted by Crippen LogP contribution is 2.28. The summed E-state index contributed by atoms with van der Waals surface area (Å²) in [4.78, 5) is 16.1. The molecule has 0 saturated heterocycles. The molecule has 100 valence electrons. The van der Waals surface area contributed by atoms with Gasteiger partial charge in [-0.15, -0.1) is 0 Å². The number of nitrogens with one attached hydrogen (secondary N) is 1. The first-order valence-corrected chi connectivity index (χ1v) is 6.77. The van der Waals surface area contributed by atoms with Gasteiger partial charge in [0.05, 0.1) is 5.56 Å². The summed E-state index contributed by atoms with van der Waals surface area (Å²) in [5, 5.41) is 11.8. The molecular formula is C15H19N3O. The number of aromatic nitrogens is 1. The molecule has 1 aromatic heterocycles. The van der Waals surface area contributed by atoms with E-state index in [0.717, 1.165) is 25.2 Å². The molecular weight excluding hydrogens is 238 g/mol. The predicted molar refractivity (Wildman–Crippen MR) is 72.4 cm³/mol. The largest absolute Gasteiger partial charge is 0.348 e. The average Bonchev–Trinajstić information content (AvgIpc) is 2.42. The number of nitrogens with zero attached hydrogens (tertiary/aromatic N) is 2. The summed E-state index contributed by atoms with van der Waals surface area (Å²) in [5.74, 6) is 1.11.